The van der Waals surface area contributed by atoms with Crippen LogP contribution in [0.4, 0.5) is 0 Å². The SMILES string of the molecule is CC(C)[C@@H](NC(=O)CN(C)Cc1ccc(Cl)cc1)c1ccc2c(c1)OCCO2. The minimum absolute atomic E-state index is 0.00921. The molecule has 0 aliphatic carbocycles. The van der Waals surface area contributed by atoms with E-state index in [4.69, 9.17) is 21.1 Å². The maximum atomic E-state index is 12.6. The van der Waals surface area contributed by atoms with Crippen molar-refractivity contribution in [1.29, 1.82) is 0 Å². The lowest BCUT2D eigenvalue weighted by Gasteiger charge is -2.26. The zero-order valence-electron chi connectivity index (χ0n) is 16.6. The highest BCUT2D eigenvalue weighted by Gasteiger charge is 2.22. The molecule has 1 amide bonds. The van der Waals surface area contributed by atoms with Crippen molar-refractivity contribution in [2.75, 3.05) is 26.8 Å². The predicted octanol–water partition coefficient (Wildman–Crippen LogP) is 4.06. The zero-order valence-corrected chi connectivity index (χ0v) is 17.3. The van der Waals surface area contributed by atoms with E-state index >= 15 is 0 Å². The summed E-state index contributed by atoms with van der Waals surface area (Å²) in [5, 5.41) is 3.88. The first-order chi connectivity index (χ1) is 13.4. The van der Waals surface area contributed by atoms with Gasteiger partial charge in [0.25, 0.3) is 0 Å². The Labute approximate surface area is 171 Å². The summed E-state index contributed by atoms with van der Waals surface area (Å²) in [7, 11) is 1.93. The molecule has 1 heterocycles. The standard InChI is InChI=1S/C22H27ClN2O3/c1-15(2)22(17-6-9-19-20(12-17)28-11-10-27-19)24-21(26)14-25(3)13-16-4-7-18(23)8-5-16/h4-9,12,15,22H,10-11,13-14H2,1-3H3,(H,24,26)/t22-/m1/s1. The summed E-state index contributed by atoms with van der Waals surface area (Å²) in [4.78, 5) is 14.6. The average Bonchev–Trinajstić information content (AvgIpc) is 2.67. The van der Waals surface area contributed by atoms with E-state index < -0.39 is 0 Å². The number of ether oxygens (including phenoxy) is 2. The highest BCUT2D eigenvalue weighted by molar-refractivity contribution is 6.30. The van der Waals surface area contributed by atoms with Gasteiger partial charge in [-0.3, -0.25) is 9.69 Å². The molecule has 1 atom stereocenters. The van der Waals surface area contributed by atoms with Crippen molar-refractivity contribution < 1.29 is 14.3 Å². The van der Waals surface area contributed by atoms with Crippen LogP contribution in [0, 0.1) is 5.92 Å². The fourth-order valence-corrected chi connectivity index (χ4v) is 3.44. The molecule has 0 unspecified atom stereocenters. The molecule has 1 aliphatic rings. The molecule has 0 radical (unpaired) electrons. The number of carbonyl (C=O) groups is 1. The van der Waals surface area contributed by atoms with Gasteiger partial charge < -0.3 is 14.8 Å². The Balaban J connectivity index is 1.62. The first-order valence-corrected chi connectivity index (χ1v) is 9.92. The number of carbonyl (C=O) groups excluding carboxylic acids is 1. The highest BCUT2D eigenvalue weighted by atomic mass is 35.5. The van der Waals surface area contributed by atoms with Crippen LogP contribution in [0.2, 0.25) is 5.02 Å². The lowest BCUT2D eigenvalue weighted by Crippen LogP contribution is -2.38. The second-order valence-corrected chi connectivity index (χ2v) is 7.93. The van der Waals surface area contributed by atoms with E-state index in [2.05, 4.69) is 19.2 Å². The number of hydrogen-bond donors (Lipinski definition) is 1. The Morgan fingerprint density at radius 2 is 1.79 bits per heavy atom. The number of amides is 1. The van der Waals surface area contributed by atoms with E-state index in [-0.39, 0.29) is 17.9 Å². The molecular weight excluding hydrogens is 376 g/mol. The molecule has 2 aromatic rings. The number of rotatable bonds is 7. The van der Waals surface area contributed by atoms with Gasteiger partial charge in [-0.05, 0) is 48.4 Å². The van der Waals surface area contributed by atoms with Crippen LogP contribution in [0.5, 0.6) is 11.5 Å². The summed E-state index contributed by atoms with van der Waals surface area (Å²) in [5.41, 5.74) is 2.14. The van der Waals surface area contributed by atoms with Gasteiger partial charge in [0.2, 0.25) is 5.91 Å². The largest absolute Gasteiger partial charge is 0.486 e. The molecule has 28 heavy (non-hydrogen) atoms. The van der Waals surface area contributed by atoms with Crippen LogP contribution < -0.4 is 14.8 Å². The Morgan fingerprint density at radius 1 is 1.11 bits per heavy atom. The molecule has 1 N–H and O–H groups in total. The highest BCUT2D eigenvalue weighted by Crippen LogP contribution is 2.34. The molecular formula is C22H27ClN2O3. The third-order valence-corrected chi connectivity index (χ3v) is 4.94. The van der Waals surface area contributed by atoms with Crippen LogP contribution >= 0.6 is 11.6 Å². The van der Waals surface area contributed by atoms with Crippen LogP contribution in [0.15, 0.2) is 42.5 Å². The Kier molecular flexibility index (Phi) is 6.81. The minimum atomic E-state index is -0.0905. The van der Waals surface area contributed by atoms with Crippen molar-refractivity contribution >= 4 is 17.5 Å². The van der Waals surface area contributed by atoms with Crippen molar-refractivity contribution in [2.45, 2.75) is 26.4 Å². The normalized spacial score (nSPS) is 14.2. The minimum Gasteiger partial charge on any atom is -0.486 e. The van der Waals surface area contributed by atoms with E-state index in [0.29, 0.717) is 31.3 Å². The molecule has 5 nitrogen and oxygen atoms in total. The zero-order chi connectivity index (χ0) is 20.1. The Morgan fingerprint density at radius 3 is 2.46 bits per heavy atom. The molecule has 6 heteroatoms. The van der Waals surface area contributed by atoms with Crippen LogP contribution in [-0.4, -0.2) is 37.6 Å². The molecule has 150 valence electrons. The van der Waals surface area contributed by atoms with Crippen LogP contribution in [0.25, 0.3) is 0 Å². The lowest BCUT2D eigenvalue weighted by molar-refractivity contribution is -0.123. The van der Waals surface area contributed by atoms with E-state index in [0.717, 1.165) is 22.6 Å². The number of nitrogens with one attached hydrogen (secondary N) is 1. The van der Waals surface area contributed by atoms with Crippen LogP contribution in [-0.2, 0) is 11.3 Å². The van der Waals surface area contributed by atoms with Gasteiger partial charge in [0, 0.05) is 11.6 Å². The number of nitrogens with zero attached hydrogens (tertiary/aromatic N) is 1. The third kappa shape index (κ3) is 5.40. The van der Waals surface area contributed by atoms with Gasteiger partial charge in [-0.2, -0.15) is 0 Å². The summed E-state index contributed by atoms with van der Waals surface area (Å²) >= 11 is 5.93. The number of halogens is 1. The summed E-state index contributed by atoms with van der Waals surface area (Å²) in [6, 6.07) is 13.5. The molecule has 1 aliphatic heterocycles. The van der Waals surface area contributed by atoms with Gasteiger partial charge in [0.15, 0.2) is 11.5 Å². The molecule has 0 saturated heterocycles. The van der Waals surface area contributed by atoms with Gasteiger partial charge >= 0.3 is 0 Å². The van der Waals surface area contributed by atoms with Gasteiger partial charge in [0.05, 0.1) is 12.6 Å². The third-order valence-electron chi connectivity index (χ3n) is 4.69. The van der Waals surface area contributed by atoms with Crippen molar-refractivity contribution in [2.24, 2.45) is 5.92 Å². The van der Waals surface area contributed by atoms with Crippen molar-refractivity contribution in [3.63, 3.8) is 0 Å². The number of fused-ring (bicyclic) bond motifs is 1. The number of benzene rings is 2. The van der Waals surface area contributed by atoms with E-state index in [1.54, 1.807) is 0 Å². The van der Waals surface area contributed by atoms with Crippen molar-refractivity contribution in [3.8, 4) is 11.5 Å². The summed E-state index contributed by atoms with van der Waals surface area (Å²) in [6.45, 7) is 6.30. The van der Waals surface area contributed by atoms with Gasteiger partial charge in [0.1, 0.15) is 13.2 Å². The molecule has 0 spiro atoms. The van der Waals surface area contributed by atoms with Gasteiger partial charge in [-0.1, -0.05) is 43.6 Å². The summed E-state index contributed by atoms with van der Waals surface area (Å²) in [6.07, 6.45) is 0. The first-order valence-electron chi connectivity index (χ1n) is 9.54. The molecule has 0 bridgehead atoms. The lowest BCUT2D eigenvalue weighted by atomic mass is 9.95. The first kappa shape index (κ1) is 20.5. The molecule has 0 fully saturated rings. The fraction of sp³-hybridized carbons (Fsp3) is 0.409. The Hall–Kier alpha value is -2.24. The van der Waals surface area contributed by atoms with Crippen molar-refractivity contribution in [3.05, 3.63) is 58.6 Å². The summed E-state index contributed by atoms with van der Waals surface area (Å²) < 4.78 is 11.3. The van der Waals surface area contributed by atoms with Gasteiger partial charge in [-0.15, -0.1) is 0 Å². The quantitative estimate of drug-likeness (QED) is 0.758. The summed E-state index contributed by atoms with van der Waals surface area (Å²) in [5.74, 6) is 1.73. The average molecular weight is 403 g/mol. The van der Waals surface area contributed by atoms with Crippen LogP contribution in [0.3, 0.4) is 0 Å². The molecule has 0 saturated carbocycles. The topological polar surface area (TPSA) is 50.8 Å². The fourth-order valence-electron chi connectivity index (χ4n) is 3.31. The second-order valence-electron chi connectivity index (χ2n) is 7.49. The molecule has 3 rings (SSSR count). The Bertz CT molecular complexity index is 808. The maximum Gasteiger partial charge on any atom is 0.234 e. The van der Waals surface area contributed by atoms with Gasteiger partial charge in [-0.25, -0.2) is 0 Å². The number of likely N-dealkylation sites (N-methyl/N-ethyl adjacent to an activating group) is 1. The monoisotopic (exact) mass is 402 g/mol. The number of hydrogen-bond acceptors (Lipinski definition) is 4. The molecule has 0 aromatic heterocycles. The predicted molar refractivity (Wildman–Crippen MR) is 111 cm³/mol. The van der Waals surface area contributed by atoms with E-state index in [9.17, 15) is 4.79 Å². The smallest absolute Gasteiger partial charge is 0.234 e. The van der Waals surface area contributed by atoms with E-state index in [1.807, 2.05) is 54.4 Å². The van der Waals surface area contributed by atoms with E-state index in [1.165, 1.54) is 0 Å². The second kappa shape index (κ2) is 9.30. The van der Waals surface area contributed by atoms with Crippen LogP contribution in [0.1, 0.15) is 31.0 Å². The molecule has 2 aromatic carbocycles. The maximum absolute atomic E-state index is 12.6. The van der Waals surface area contributed by atoms with Crippen molar-refractivity contribution in [1.82, 2.24) is 10.2 Å².